The lowest BCUT2D eigenvalue weighted by molar-refractivity contribution is 0.213. The number of rotatable bonds is 10. The molecular formula is C23H32ClN5O. The summed E-state index contributed by atoms with van der Waals surface area (Å²) in [4.78, 5) is 24.3. The Kier molecular flexibility index (Phi) is 9.27. The Morgan fingerprint density at radius 2 is 1.87 bits per heavy atom. The SMILES string of the molecule is C/C=C\c1ccnc(CN(CCCCN(C)C(N)=O)Cc2ncc(Cl)cc2C)c1C. The van der Waals surface area contributed by atoms with Gasteiger partial charge in [0, 0.05) is 39.1 Å². The summed E-state index contributed by atoms with van der Waals surface area (Å²) in [5, 5.41) is 0.647. The molecule has 2 aromatic rings. The Morgan fingerprint density at radius 1 is 1.17 bits per heavy atom. The Hall–Kier alpha value is -2.44. The molecular weight excluding hydrogens is 398 g/mol. The highest BCUT2D eigenvalue weighted by Crippen LogP contribution is 2.19. The third-order valence-electron chi connectivity index (χ3n) is 5.19. The first kappa shape index (κ1) is 23.8. The molecule has 2 aromatic heterocycles. The van der Waals surface area contributed by atoms with Crippen molar-refractivity contribution in [3.05, 3.63) is 63.7 Å². The van der Waals surface area contributed by atoms with Gasteiger partial charge in [-0.05, 0) is 69.0 Å². The van der Waals surface area contributed by atoms with E-state index < -0.39 is 6.03 Å². The van der Waals surface area contributed by atoms with E-state index in [4.69, 9.17) is 17.3 Å². The molecule has 7 heteroatoms. The van der Waals surface area contributed by atoms with Crippen molar-refractivity contribution in [3.8, 4) is 0 Å². The summed E-state index contributed by atoms with van der Waals surface area (Å²) in [5.74, 6) is 0. The fourth-order valence-electron chi connectivity index (χ4n) is 3.28. The molecule has 2 heterocycles. The second kappa shape index (κ2) is 11.7. The van der Waals surface area contributed by atoms with E-state index in [9.17, 15) is 4.79 Å². The number of nitrogens with zero attached hydrogens (tertiary/aromatic N) is 4. The lowest BCUT2D eigenvalue weighted by atomic mass is 10.1. The quantitative estimate of drug-likeness (QED) is 0.561. The van der Waals surface area contributed by atoms with Gasteiger partial charge in [0.25, 0.3) is 0 Å². The molecule has 0 aliphatic heterocycles. The molecule has 0 fully saturated rings. The first-order chi connectivity index (χ1) is 14.3. The van der Waals surface area contributed by atoms with Crippen LogP contribution in [0, 0.1) is 13.8 Å². The van der Waals surface area contributed by atoms with E-state index in [0.29, 0.717) is 18.1 Å². The van der Waals surface area contributed by atoms with Crippen LogP contribution in [0.5, 0.6) is 0 Å². The lowest BCUT2D eigenvalue weighted by Crippen LogP contribution is -2.33. The van der Waals surface area contributed by atoms with Crippen molar-refractivity contribution in [3.63, 3.8) is 0 Å². The number of urea groups is 1. The van der Waals surface area contributed by atoms with E-state index in [1.165, 1.54) is 11.1 Å². The zero-order valence-electron chi connectivity index (χ0n) is 18.4. The number of aromatic nitrogens is 2. The van der Waals surface area contributed by atoms with Crippen LogP contribution in [0.4, 0.5) is 4.79 Å². The van der Waals surface area contributed by atoms with Crippen molar-refractivity contribution >= 4 is 23.7 Å². The summed E-state index contributed by atoms with van der Waals surface area (Å²) in [6, 6.07) is 3.59. The minimum absolute atomic E-state index is 0.395. The summed E-state index contributed by atoms with van der Waals surface area (Å²) in [6.07, 6.45) is 9.53. The third-order valence-corrected chi connectivity index (χ3v) is 5.40. The monoisotopic (exact) mass is 429 g/mol. The van der Waals surface area contributed by atoms with Crippen LogP contribution in [0.2, 0.25) is 5.02 Å². The maximum atomic E-state index is 11.2. The van der Waals surface area contributed by atoms with E-state index in [-0.39, 0.29) is 0 Å². The van der Waals surface area contributed by atoms with E-state index in [2.05, 4.69) is 27.9 Å². The zero-order valence-corrected chi connectivity index (χ0v) is 19.1. The largest absolute Gasteiger partial charge is 0.351 e. The lowest BCUT2D eigenvalue weighted by Gasteiger charge is -2.24. The van der Waals surface area contributed by atoms with Gasteiger partial charge in [0.05, 0.1) is 16.4 Å². The second-order valence-corrected chi connectivity index (χ2v) is 8.00. The van der Waals surface area contributed by atoms with E-state index >= 15 is 0 Å². The second-order valence-electron chi connectivity index (χ2n) is 7.57. The van der Waals surface area contributed by atoms with Crippen LogP contribution < -0.4 is 5.73 Å². The molecule has 0 unspecified atom stereocenters. The first-order valence-corrected chi connectivity index (χ1v) is 10.6. The number of carbonyl (C=O) groups is 1. The number of carbonyl (C=O) groups excluding carboxylic acids is 1. The maximum Gasteiger partial charge on any atom is 0.314 e. The fourth-order valence-corrected chi connectivity index (χ4v) is 3.49. The van der Waals surface area contributed by atoms with Crippen LogP contribution in [-0.4, -0.2) is 45.9 Å². The molecule has 0 bridgehead atoms. The molecule has 6 nitrogen and oxygen atoms in total. The molecule has 0 aliphatic carbocycles. The van der Waals surface area contributed by atoms with Gasteiger partial charge in [0.15, 0.2) is 0 Å². The van der Waals surface area contributed by atoms with Gasteiger partial charge in [0.1, 0.15) is 0 Å². The molecule has 0 aliphatic rings. The summed E-state index contributed by atoms with van der Waals surface area (Å²) in [5.41, 5.74) is 10.8. The van der Waals surface area contributed by atoms with Crippen molar-refractivity contribution in [1.29, 1.82) is 0 Å². The van der Waals surface area contributed by atoms with Gasteiger partial charge in [0.2, 0.25) is 0 Å². The number of hydrogen-bond donors (Lipinski definition) is 1. The number of allylic oxidation sites excluding steroid dienone is 1. The van der Waals surface area contributed by atoms with E-state index in [0.717, 1.165) is 42.9 Å². The van der Waals surface area contributed by atoms with Crippen LogP contribution >= 0.6 is 11.6 Å². The highest BCUT2D eigenvalue weighted by atomic mass is 35.5. The smallest absolute Gasteiger partial charge is 0.314 e. The fraction of sp³-hybridized carbons (Fsp3) is 0.435. The molecule has 162 valence electrons. The normalized spacial score (nSPS) is 11.4. The van der Waals surface area contributed by atoms with Crippen LogP contribution in [0.25, 0.3) is 6.08 Å². The average molecular weight is 430 g/mol. The molecule has 0 aromatic carbocycles. The third kappa shape index (κ3) is 7.11. The maximum absolute atomic E-state index is 11.2. The Bertz CT molecular complexity index is 884. The van der Waals surface area contributed by atoms with Gasteiger partial charge < -0.3 is 10.6 Å². The number of nitrogens with two attached hydrogens (primary N) is 1. The Labute approximate surface area is 184 Å². The first-order valence-electron chi connectivity index (χ1n) is 10.2. The molecule has 2 rings (SSSR count). The Balaban J connectivity index is 2.14. The highest BCUT2D eigenvalue weighted by molar-refractivity contribution is 6.30. The zero-order chi connectivity index (χ0) is 22.1. The van der Waals surface area contributed by atoms with Crippen LogP contribution in [0.1, 0.15) is 47.8 Å². The molecule has 0 saturated heterocycles. The molecule has 0 radical (unpaired) electrons. The predicted molar refractivity (Wildman–Crippen MR) is 123 cm³/mol. The Morgan fingerprint density at radius 3 is 2.53 bits per heavy atom. The molecule has 2 amide bonds. The summed E-state index contributed by atoms with van der Waals surface area (Å²) < 4.78 is 0. The highest BCUT2D eigenvalue weighted by Gasteiger charge is 2.14. The van der Waals surface area contributed by atoms with Gasteiger partial charge in [-0.3, -0.25) is 14.9 Å². The molecule has 2 N–H and O–H groups in total. The number of amides is 2. The van der Waals surface area contributed by atoms with Crippen LogP contribution in [-0.2, 0) is 13.1 Å². The van der Waals surface area contributed by atoms with Gasteiger partial charge >= 0.3 is 6.03 Å². The standard InChI is InChI=1S/C23H32ClN5O/c1-5-8-19-9-10-26-22(18(19)3)16-29(12-7-6-11-28(4)23(25)30)15-21-17(2)13-20(24)14-27-21/h5,8-10,13-14H,6-7,11-12,15-16H2,1-4H3,(H2,25,30)/b8-5-. The number of primary amides is 1. The van der Waals surface area contributed by atoms with Crippen molar-refractivity contribution in [2.24, 2.45) is 5.73 Å². The minimum atomic E-state index is -0.395. The van der Waals surface area contributed by atoms with Crippen molar-refractivity contribution in [2.45, 2.75) is 46.7 Å². The van der Waals surface area contributed by atoms with E-state index in [1.54, 1.807) is 18.1 Å². The topological polar surface area (TPSA) is 75.3 Å². The number of hydrogen-bond acceptors (Lipinski definition) is 4. The summed E-state index contributed by atoms with van der Waals surface area (Å²) >= 11 is 6.07. The number of aryl methyl sites for hydroxylation is 1. The number of halogens is 1. The van der Waals surface area contributed by atoms with E-state index in [1.807, 2.05) is 38.3 Å². The van der Waals surface area contributed by atoms with Gasteiger partial charge in [-0.1, -0.05) is 23.8 Å². The van der Waals surface area contributed by atoms with Gasteiger partial charge in [-0.25, -0.2) is 4.79 Å². The van der Waals surface area contributed by atoms with Crippen LogP contribution in [0.3, 0.4) is 0 Å². The average Bonchev–Trinajstić information content (AvgIpc) is 2.70. The van der Waals surface area contributed by atoms with Gasteiger partial charge in [-0.15, -0.1) is 0 Å². The van der Waals surface area contributed by atoms with Crippen LogP contribution in [0.15, 0.2) is 30.6 Å². The van der Waals surface area contributed by atoms with Crippen molar-refractivity contribution in [1.82, 2.24) is 19.8 Å². The molecule has 0 saturated carbocycles. The summed E-state index contributed by atoms with van der Waals surface area (Å²) in [6.45, 7) is 9.12. The molecule has 0 spiro atoms. The van der Waals surface area contributed by atoms with Crippen molar-refractivity contribution in [2.75, 3.05) is 20.1 Å². The molecule has 30 heavy (non-hydrogen) atoms. The van der Waals surface area contributed by atoms with Gasteiger partial charge in [-0.2, -0.15) is 0 Å². The minimum Gasteiger partial charge on any atom is -0.351 e. The number of unbranched alkanes of at least 4 members (excludes halogenated alkanes) is 1. The predicted octanol–water partition coefficient (Wildman–Crippen LogP) is 4.57. The van der Waals surface area contributed by atoms with Crippen molar-refractivity contribution < 1.29 is 4.79 Å². The summed E-state index contributed by atoms with van der Waals surface area (Å²) in [7, 11) is 1.72. The number of pyridine rings is 2. The molecule has 0 atom stereocenters.